The Labute approximate surface area is 193 Å². The lowest BCUT2D eigenvalue weighted by atomic mass is 10.1. The zero-order valence-corrected chi connectivity index (χ0v) is 19.0. The molecule has 0 aliphatic rings. The molecule has 3 aromatic rings. The lowest BCUT2D eigenvalue weighted by molar-refractivity contribution is -0.384. The van der Waals surface area contributed by atoms with Gasteiger partial charge in [-0.3, -0.25) is 19.5 Å². The predicted molar refractivity (Wildman–Crippen MR) is 121 cm³/mol. The number of thioether (sulfide) groups is 1. The summed E-state index contributed by atoms with van der Waals surface area (Å²) in [4.78, 5) is 21.3. The zero-order chi connectivity index (χ0) is 22.5. The first-order valence-corrected chi connectivity index (χ1v) is 11.1. The number of carbonyl (C=O) groups is 1. The molecule has 31 heavy (non-hydrogen) atoms. The Hall–Kier alpha value is -2.62. The van der Waals surface area contributed by atoms with Gasteiger partial charge >= 0.3 is 0 Å². The van der Waals surface area contributed by atoms with Gasteiger partial charge in [-0.05, 0) is 37.1 Å². The number of nitrogens with one attached hydrogen (secondary N) is 1. The number of benzene rings is 2. The second-order valence-electron chi connectivity index (χ2n) is 6.70. The second kappa shape index (κ2) is 10.1. The number of halogens is 2. The first-order chi connectivity index (χ1) is 14.8. The monoisotopic (exact) mass is 479 g/mol. The minimum atomic E-state index is -1.21. The van der Waals surface area contributed by atoms with Crippen LogP contribution in [-0.2, 0) is 10.5 Å². The summed E-state index contributed by atoms with van der Waals surface area (Å²) in [5.41, 5.74) is 2.92. The van der Waals surface area contributed by atoms with Gasteiger partial charge in [-0.15, -0.1) is 10.2 Å². The molecule has 0 fully saturated rings. The van der Waals surface area contributed by atoms with Crippen LogP contribution in [0.1, 0.15) is 29.9 Å². The van der Waals surface area contributed by atoms with E-state index in [2.05, 4.69) is 15.5 Å². The van der Waals surface area contributed by atoms with Crippen LogP contribution in [0.15, 0.2) is 53.7 Å². The summed E-state index contributed by atoms with van der Waals surface area (Å²) < 4.78 is 1.76. The predicted octanol–water partition coefficient (Wildman–Crippen LogP) is 4.76. The summed E-state index contributed by atoms with van der Waals surface area (Å²) in [5.74, 6) is 0.552. The van der Waals surface area contributed by atoms with Gasteiger partial charge in [0.2, 0.25) is 0 Å². The molecular formula is C20H19Cl2N5O3S. The number of aromatic nitrogens is 3. The Morgan fingerprint density at radius 2 is 1.87 bits per heavy atom. The number of aryl methyl sites for hydroxylation is 1. The number of nitro groups is 1. The van der Waals surface area contributed by atoms with Gasteiger partial charge in [0, 0.05) is 23.6 Å². The highest BCUT2D eigenvalue weighted by Crippen LogP contribution is 2.29. The SMILES string of the molecule is Cc1ccccc1CSc1nnc(C(C)NC(=O)C(Cl)Cl)n1-c1ccc([N+](=O)[O-])cc1. The molecule has 8 nitrogen and oxygen atoms in total. The van der Waals surface area contributed by atoms with Gasteiger partial charge in [-0.25, -0.2) is 0 Å². The van der Waals surface area contributed by atoms with E-state index in [1.807, 2.05) is 31.2 Å². The number of nitrogens with zero attached hydrogens (tertiary/aromatic N) is 4. The van der Waals surface area contributed by atoms with E-state index in [1.165, 1.54) is 23.9 Å². The standard InChI is InChI=1S/C20H19Cl2N5O3S/c1-12-5-3-4-6-14(12)11-31-20-25-24-18(13(2)23-19(28)17(21)22)26(20)15-7-9-16(10-8-15)27(29)30/h3-10,13,17H,11H2,1-2H3,(H,23,28). The molecule has 1 N–H and O–H groups in total. The molecule has 3 rings (SSSR count). The maximum Gasteiger partial charge on any atom is 0.269 e. The lowest BCUT2D eigenvalue weighted by Crippen LogP contribution is -2.32. The topological polar surface area (TPSA) is 103 Å². The van der Waals surface area contributed by atoms with Crippen molar-refractivity contribution in [2.45, 2.75) is 35.6 Å². The van der Waals surface area contributed by atoms with Crippen LogP contribution in [0.3, 0.4) is 0 Å². The molecule has 0 saturated heterocycles. The van der Waals surface area contributed by atoms with E-state index in [0.717, 1.165) is 11.1 Å². The van der Waals surface area contributed by atoms with E-state index in [0.29, 0.717) is 22.4 Å². The third kappa shape index (κ3) is 5.55. The van der Waals surface area contributed by atoms with E-state index < -0.39 is 21.7 Å². The fraction of sp³-hybridized carbons (Fsp3) is 0.250. The second-order valence-corrected chi connectivity index (χ2v) is 8.73. The largest absolute Gasteiger partial charge is 0.344 e. The smallest absolute Gasteiger partial charge is 0.269 e. The van der Waals surface area contributed by atoms with Gasteiger partial charge in [0.25, 0.3) is 11.6 Å². The van der Waals surface area contributed by atoms with Crippen molar-refractivity contribution in [3.05, 3.63) is 75.6 Å². The van der Waals surface area contributed by atoms with Crippen molar-refractivity contribution in [3.63, 3.8) is 0 Å². The average Bonchev–Trinajstić information content (AvgIpc) is 3.17. The van der Waals surface area contributed by atoms with Crippen molar-refractivity contribution in [3.8, 4) is 5.69 Å². The lowest BCUT2D eigenvalue weighted by Gasteiger charge is -2.16. The van der Waals surface area contributed by atoms with Gasteiger partial charge in [0.1, 0.15) is 0 Å². The summed E-state index contributed by atoms with van der Waals surface area (Å²) in [6.07, 6.45) is 0. The molecule has 0 bridgehead atoms. The molecule has 1 amide bonds. The zero-order valence-electron chi connectivity index (χ0n) is 16.7. The summed E-state index contributed by atoms with van der Waals surface area (Å²) in [6, 6.07) is 13.5. The maximum atomic E-state index is 11.9. The van der Waals surface area contributed by atoms with E-state index in [1.54, 1.807) is 23.6 Å². The highest BCUT2D eigenvalue weighted by atomic mass is 35.5. The van der Waals surface area contributed by atoms with Crippen LogP contribution >= 0.6 is 35.0 Å². The summed E-state index contributed by atoms with van der Waals surface area (Å²) in [5, 5.41) is 22.8. The molecule has 1 atom stereocenters. The first-order valence-electron chi connectivity index (χ1n) is 9.24. The summed E-state index contributed by atoms with van der Waals surface area (Å²) >= 11 is 12.8. The molecule has 11 heteroatoms. The highest BCUT2D eigenvalue weighted by Gasteiger charge is 2.23. The van der Waals surface area contributed by atoms with Crippen molar-refractivity contribution in [1.82, 2.24) is 20.1 Å². The van der Waals surface area contributed by atoms with E-state index in [-0.39, 0.29) is 5.69 Å². The van der Waals surface area contributed by atoms with Gasteiger partial charge in [-0.2, -0.15) is 0 Å². The number of non-ortho nitro benzene ring substituents is 1. The van der Waals surface area contributed by atoms with Crippen LogP contribution in [0.4, 0.5) is 5.69 Å². The first kappa shape index (κ1) is 23.1. The molecular weight excluding hydrogens is 461 g/mol. The maximum absolute atomic E-state index is 11.9. The number of carbonyl (C=O) groups excluding carboxylic acids is 1. The van der Waals surface area contributed by atoms with Crippen molar-refractivity contribution in [1.29, 1.82) is 0 Å². The van der Waals surface area contributed by atoms with E-state index >= 15 is 0 Å². The Bertz CT molecular complexity index is 1090. The number of hydrogen-bond donors (Lipinski definition) is 1. The van der Waals surface area contributed by atoms with Crippen LogP contribution < -0.4 is 5.32 Å². The molecule has 0 saturated carbocycles. The highest BCUT2D eigenvalue weighted by molar-refractivity contribution is 7.98. The molecule has 0 aliphatic carbocycles. The number of nitro benzene ring substituents is 1. The third-order valence-corrected chi connectivity index (χ3v) is 5.91. The molecule has 1 aromatic heterocycles. The Morgan fingerprint density at radius 1 is 1.19 bits per heavy atom. The van der Waals surface area contributed by atoms with Crippen LogP contribution in [0, 0.1) is 17.0 Å². The Morgan fingerprint density at radius 3 is 2.48 bits per heavy atom. The quantitative estimate of drug-likeness (QED) is 0.216. The van der Waals surface area contributed by atoms with Crippen LogP contribution in [0.25, 0.3) is 5.69 Å². The molecule has 2 aromatic carbocycles. The number of hydrogen-bond acceptors (Lipinski definition) is 6. The van der Waals surface area contributed by atoms with Gasteiger partial charge in [0.05, 0.1) is 11.0 Å². The van der Waals surface area contributed by atoms with Gasteiger partial charge < -0.3 is 5.32 Å². The molecule has 0 aliphatic heterocycles. The van der Waals surface area contributed by atoms with Crippen molar-refractivity contribution >= 4 is 46.6 Å². The molecule has 1 unspecified atom stereocenters. The van der Waals surface area contributed by atoms with Gasteiger partial charge in [-0.1, -0.05) is 59.2 Å². The fourth-order valence-corrected chi connectivity index (χ4v) is 4.04. The van der Waals surface area contributed by atoms with Crippen molar-refractivity contribution in [2.24, 2.45) is 0 Å². The van der Waals surface area contributed by atoms with E-state index in [4.69, 9.17) is 23.2 Å². The van der Waals surface area contributed by atoms with Crippen molar-refractivity contribution in [2.75, 3.05) is 0 Å². The molecule has 1 heterocycles. The van der Waals surface area contributed by atoms with Crippen LogP contribution in [0.5, 0.6) is 0 Å². The molecule has 0 spiro atoms. The minimum Gasteiger partial charge on any atom is -0.344 e. The normalized spacial score (nSPS) is 12.0. The number of rotatable bonds is 8. The third-order valence-electron chi connectivity index (χ3n) is 4.54. The molecule has 162 valence electrons. The van der Waals surface area contributed by atoms with Crippen molar-refractivity contribution < 1.29 is 9.72 Å². The van der Waals surface area contributed by atoms with Gasteiger partial charge in [0.15, 0.2) is 15.8 Å². The minimum absolute atomic E-state index is 0.0269. The average molecular weight is 480 g/mol. The number of alkyl halides is 2. The number of amides is 1. The van der Waals surface area contributed by atoms with Crippen LogP contribution in [0.2, 0.25) is 0 Å². The summed E-state index contributed by atoms with van der Waals surface area (Å²) in [7, 11) is 0. The molecule has 0 radical (unpaired) electrons. The summed E-state index contributed by atoms with van der Waals surface area (Å²) in [6.45, 7) is 3.77. The van der Waals surface area contributed by atoms with Crippen LogP contribution in [-0.4, -0.2) is 30.4 Å². The van der Waals surface area contributed by atoms with E-state index in [9.17, 15) is 14.9 Å². The Kier molecular flexibility index (Phi) is 7.53. The fourth-order valence-electron chi connectivity index (χ4n) is 2.88. The Balaban J connectivity index is 1.96.